The van der Waals surface area contributed by atoms with Gasteiger partial charge in [-0.15, -0.1) is 5.10 Å². The van der Waals surface area contributed by atoms with Crippen molar-refractivity contribution in [1.82, 2.24) is 15.0 Å². The van der Waals surface area contributed by atoms with Crippen molar-refractivity contribution in [2.45, 2.75) is 26.9 Å². The maximum atomic E-state index is 11.5. The first kappa shape index (κ1) is 14.2. The lowest BCUT2D eigenvalue weighted by molar-refractivity contribution is 0.101. The number of nitrogens with zero attached hydrogens (tertiary/aromatic N) is 3. The van der Waals surface area contributed by atoms with Crippen LogP contribution in [-0.2, 0) is 13.1 Å². The van der Waals surface area contributed by atoms with Crippen LogP contribution >= 0.6 is 0 Å². The zero-order chi connectivity index (χ0) is 14.5. The molecule has 0 unspecified atom stereocenters. The number of carbonyl (C=O) groups excluding carboxylic acids is 1. The van der Waals surface area contributed by atoms with E-state index in [1.807, 2.05) is 19.1 Å². The largest absolute Gasteiger partial charge is 0.494 e. The summed E-state index contributed by atoms with van der Waals surface area (Å²) in [6, 6.07) is 5.41. The predicted octanol–water partition coefficient (Wildman–Crippen LogP) is 1.39. The molecule has 0 atom stereocenters. The summed E-state index contributed by atoms with van der Waals surface area (Å²) in [6.07, 6.45) is 1.79. The van der Waals surface area contributed by atoms with Gasteiger partial charge in [-0.3, -0.25) is 4.79 Å². The van der Waals surface area contributed by atoms with E-state index >= 15 is 0 Å². The van der Waals surface area contributed by atoms with E-state index in [1.54, 1.807) is 23.9 Å². The Labute approximate surface area is 117 Å². The van der Waals surface area contributed by atoms with Crippen LogP contribution in [0.1, 0.15) is 35.5 Å². The van der Waals surface area contributed by atoms with Gasteiger partial charge in [0.15, 0.2) is 5.78 Å². The molecule has 6 nitrogen and oxygen atoms in total. The summed E-state index contributed by atoms with van der Waals surface area (Å²) in [7, 11) is 0. The quantitative estimate of drug-likeness (QED) is 0.805. The average Bonchev–Trinajstić information content (AvgIpc) is 2.88. The molecule has 1 aromatic carbocycles. The van der Waals surface area contributed by atoms with Crippen molar-refractivity contribution >= 4 is 5.78 Å². The third-order valence-corrected chi connectivity index (χ3v) is 2.89. The number of benzene rings is 1. The summed E-state index contributed by atoms with van der Waals surface area (Å²) in [4.78, 5) is 11.5. The molecule has 20 heavy (non-hydrogen) atoms. The molecule has 0 radical (unpaired) electrons. The number of ether oxygens (including phenoxy) is 1. The molecule has 2 rings (SSSR count). The molecule has 6 heteroatoms. The van der Waals surface area contributed by atoms with E-state index in [1.165, 1.54) is 0 Å². The van der Waals surface area contributed by atoms with Crippen LogP contribution in [0, 0.1) is 0 Å². The molecular weight excluding hydrogens is 256 g/mol. The molecule has 0 amide bonds. The van der Waals surface area contributed by atoms with E-state index < -0.39 is 0 Å². The number of Topliss-reactive ketones (excluding diaryl/α,β-unsaturated/α-hetero) is 1. The Morgan fingerprint density at radius 3 is 2.85 bits per heavy atom. The van der Waals surface area contributed by atoms with Gasteiger partial charge in [0, 0.05) is 17.7 Å². The van der Waals surface area contributed by atoms with Gasteiger partial charge in [-0.25, -0.2) is 4.68 Å². The highest BCUT2D eigenvalue weighted by atomic mass is 16.5. The van der Waals surface area contributed by atoms with Gasteiger partial charge >= 0.3 is 0 Å². The van der Waals surface area contributed by atoms with E-state index in [0.29, 0.717) is 25.3 Å². The van der Waals surface area contributed by atoms with Crippen LogP contribution in [0.5, 0.6) is 5.75 Å². The van der Waals surface area contributed by atoms with Gasteiger partial charge in [0.2, 0.25) is 0 Å². The van der Waals surface area contributed by atoms with E-state index in [2.05, 4.69) is 10.3 Å². The first-order valence-corrected chi connectivity index (χ1v) is 6.49. The second kappa shape index (κ2) is 6.29. The molecule has 2 aromatic rings. The lowest BCUT2D eigenvalue weighted by atomic mass is 10.1. The second-order valence-corrected chi connectivity index (χ2v) is 4.42. The Hall–Kier alpha value is -2.21. The highest BCUT2D eigenvalue weighted by Crippen LogP contribution is 2.21. The summed E-state index contributed by atoms with van der Waals surface area (Å²) in [5, 5.41) is 7.95. The molecule has 0 aliphatic rings. The van der Waals surface area contributed by atoms with Gasteiger partial charge < -0.3 is 10.5 Å². The number of hydrogen-bond acceptors (Lipinski definition) is 5. The van der Waals surface area contributed by atoms with Gasteiger partial charge in [0.25, 0.3) is 0 Å². The number of nitrogens with two attached hydrogens (primary N) is 1. The molecule has 0 saturated heterocycles. The maximum Gasteiger partial charge on any atom is 0.159 e. The van der Waals surface area contributed by atoms with E-state index in [9.17, 15) is 4.79 Å². The fourth-order valence-corrected chi connectivity index (χ4v) is 1.90. The third-order valence-electron chi connectivity index (χ3n) is 2.89. The molecule has 0 bridgehead atoms. The first-order chi connectivity index (χ1) is 9.63. The van der Waals surface area contributed by atoms with E-state index in [-0.39, 0.29) is 5.78 Å². The van der Waals surface area contributed by atoms with Crippen molar-refractivity contribution in [2.75, 3.05) is 6.61 Å². The number of rotatable bonds is 6. The summed E-state index contributed by atoms with van der Waals surface area (Å²) in [5.41, 5.74) is 7.79. The summed E-state index contributed by atoms with van der Waals surface area (Å²) < 4.78 is 7.26. The van der Waals surface area contributed by atoms with E-state index in [4.69, 9.17) is 10.5 Å². The predicted molar refractivity (Wildman–Crippen MR) is 74.6 cm³/mol. The smallest absolute Gasteiger partial charge is 0.159 e. The van der Waals surface area contributed by atoms with Crippen molar-refractivity contribution in [2.24, 2.45) is 5.73 Å². The minimum Gasteiger partial charge on any atom is -0.494 e. The highest BCUT2D eigenvalue weighted by molar-refractivity contribution is 5.94. The first-order valence-electron chi connectivity index (χ1n) is 6.49. The monoisotopic (exact) mass is 274 g/mol. The molecule has 106 valence electrons. The Morgan fingerprint density at radius 1 is 1.45 bits per heavy atom. The number of carbonyl (C=O) groups is 1. The SMILES string of the molecule is CCOc1ccc(C(C)=O)cc1Cn1cc(CN)nn1. The molecule has 2 N–H and O–H groups in total. The van der Waals surface area contributed by atoms with Crippen molar-refractivity contribution in [3.05, 3.63) is 41.2 Å². The molecule has 0 aliphatic heterocycles. The fourth-order valence-electron chi connectivity index (χ4n) is 1.90. The van der Waals surface area contributed by atoms with Crippen molar-refractivity contribution in [1.29, 1.82) is 0 Å². The van der Waals surface area contributed by atoms with Crippen LogP contribution < -0.4 is 10.5 Å². The third kappa shape index (κ3) is 3.21. The number of aromatic nitrogens is 3. The van der Waals surface area contributed by atoms with Gasteiger partial charge in [-0.2, -0.15) is 0 Å². The van der Waals surface area contributed by atoms with Gasteiger partial charge in [-0.05, 0) is 32.0 Å². The minimum atomic E-state index is 0.0236. The van der Waals surface area contributed by atoms with Gasteiger partial charge in [-0.1, -0.05) is 5.21 Å². The Kier molecular flexibility index (Phi) is 4.47. The Bertz CT molecular complexity index is 607. The fraction of sp³-hybridized carbons (Fsp3) is 0.357. The zero-order valence-corrected chi connectivity index (χ0v) is 11.7. The molecule has 0 saturated carbocycles. The maximum absolute atomic E-state index is 11.5. The lowest BCUT2D eigenvalue weighted by Crippen LogP contribution is -2.06. The lowest BCUT2D eigenvalue weighted by Gasteiger charge is -2.11. The Morgan fingerprint density at radius 2 is 2.25 bits per heavy atom. The van der Waals surface area contributed by atoms with Crippen LogP contribution in [0.3, 0.4) is 0 Å². The van der Waals surface area contributed by atoms with Crippen molar-refractivity contribution in [3.8, 4) is 5.75 Å². The zero-order valence-electron chi connectivity index (χ0n) is 11.7. The summed E-state index contributed by atoms with van der Waals surface area (Å²) in [5.74, 6) is 0.776. The molecule has 0 spiro atoms. The summed E-state index contributed by atoms with van der Waals surface area (Å²) in [6.45, 7) is 4.87. The van der Waals surface area contributed by atoms with Crippen LogP contribution in [0.4, 0.5) is 0 Å². The highest BCUT2D eigenvalue weighted by Gasteiger charge is 2.09. The average molecular weight is 274 g/mol. The van der Waals surface area contributed by atoms with Gasteiger partial charge in [0.05, 0.1) is 25.0 Å². The topological polar surface area (TPSA) is 83.0 Å². The molecule has 0 aliphatic carbocycles. The molecule has 1 aromatic heterocycles. The molecule has 1 heterocycles. The van der Waals surface area contributed by atoms with Crippen molar-refractivity contribution < 1.29 is 9.53 Å². The van der Waals surface area contributed by atoms with E-state index in [0.717, 1.165) is 17.0 Å². The number of hydrogen-bond donors (Lipinski definition) is 1. The van der Waals surface area contributed by atoms with Gasteiger partial charge in [0.1, 0.15) is 5.75 Å². The van der Waals surface area contributed by atoms with Crippen molar-refractivity contribution in [3.63, 3.8) is 0 Å². The van der Waals surface area contributed by atoms with Crippen LogP contribution in [-0.4, -0.2) is 27.4 Å². The van der Waals surface area contributed by atoms with Crippen LogP contribution in [0.25, 0.3) is 0 Å². The standard InChI is InChI=1S/C14H18N4O2/c1-3-20-14-5-4-11(10(2)19)6-12(14)8-18-9-13(7-15)16-17-18/h4-6,9H,3,7-8,15H2,1-2H3. The van der Waals surface area contributed by atoms with Crippen LogP contribution in [0.15, 0.2) is 24.4 Å². The molecular formula is C14H18N4O2. The summed E-state index contributed by atoms with van der Waals surface area (Å²) >= 11 is 0. The second-order valence-electron chi connectivity index (χ2n) is 4.42. The van der Waals surface area contributed by atoms with Crippen LogP contribution in [0.2, 0.25) is 0 Å². The molecule has 0 fully saturated rings. The Balaban J connectivity index is 2.31. The minimum absolute atomic E-state index is 0.0236. The number of ketones is 1. The normalized spacial score (nSPS) is 10.6.